The van der Waals surface area contributed by atoms with Crippen molar-refractivity contribution < 1.29 is 13.9 Å². The van der Waals surface area contributed by atoms with Gasteiger partial charge < -0.3 is 4.74 Å². The Balaban J connectivity index is 1.48. The number of rotatable bonds is 5. The van der Waals surface area contributed by atoms with E-state index in [-0.39, 0.29) is 11.7 Å². The van der Waals surface area contributed by atoms with Gasteiger partial charge in [-0.3, -0.25) is 14.6 Å². The molecule has 154 valence electrons. The third-order valence-corrected chi connectivity index (χ3v) is 6.99. The molecule has 1 aliphatic rings. The van der Waals surface area contributed by atoms with Gasteiger partial charge >= 0.3 is 0 Å². The van der Waals surface area contributed by atoms with Crippen LogP contribution in [0.4, 0.5) is 9.52 Å². The molecule has 30 heavy (non-hydrogen) atoms. The summed E-state index contributed by atoms with van der Waals surface area (Å²) in [7, 11) is 0. The van der Waals surface area contributed by atoms with Gasteiger partial charge in [-0.25, -0.2) is 14.4 Å². The Bertz CT molecular complexity index is 1200. The van der Waals surface area contributed by atoms with Crippen LogP contribution in [0.15, 0.2) is 41.9 Å². The number of aromatic nitrogens is 2. The Kier molecular flexibility index (Phi) is 5.43. The fourth-order valence-corrected chi connectivity index (χ4v) is 5.23. The summed E-state index contributed by atoms with van der Waals surface area (Å²) >= 11 is 2.84. The molecule has 1 saturated heterocycles. The number of carbonyl (C=O) groups is 1. The lowest BCUT2D eigenvalue weighted by Crippen LogP contribution is -2.43. The number of fused-ring (bicyclic) bond motifs is 2. The molecule has 1 amide bonds. The fraction of sp³-hybridized carbons (Fsp3) is 0.286. The molecule has 0 bridgehead atoms. The molecule has 4 aromatic rings. The van der Waals surface area contributed by atoms with Gasteiger partial charge in [-0.15, -0.1) is 11.3 Å². The molecule has 0 radical (unpaired) electrons. The molecule has 1 aliphatic heterocycles. The van der Waals surface area contributed by atoms with E-state index in [1.165, 1.54) is 28.7 Å². The lowest BCUT2D eigenvalue weighted by atomic mass is 10.2. The molecule has 1 fully saturated rings. The van der Waals surface area contributed by atoms with Gasteiger partial charge in [0.1, 0.15) is 11.3 Å². The molecule has 0 aliphatic carbocycles. The minimum absolute atomic E-state index is 0.141. The third kappa shape index (κ3) is 3.81. The van der Waals surface area contributed by atoms with Gasteiger partial charge in [0, 0.05) is 31.7 Å². The highest BCUT2D eigenvalue weighted by molar-refractivity contribution is 7.22. The van der Waals surface area contributed by atoms with Gasteiger partial charge in [0.15, 0.2) is 5.13 Å². The summed E-state index contributed by atoms with van der Waals surface area (Å²) in [5, 5.41) is 0.512. The number of para-hydroxylation sites is 1. The van der Waals surface area contributed by atoms with Crippen molar-refractivity contribution in [1.82, 2.24) is 14.9 Å². The number of carbonyl (C=O) groups excluding carboxylic acids is 1. The molecule has 2 aromatic heterocycles. The van der Waals surface area contributed by atoms with Crippen molar-refractivity contribution >= 4 is 54.1 Å². The van der Waals surface area contributed by atoms with E-state index in [0.717, 1.165) is 28.0 Å². The van der Waals surface area contributed by atoms with Crippen LogP contribution in [0.2, 0.25) is 0 Å². The SMILES string of the molecule is O=C(c1ccc2ncsc2c1)N(CCN1CCOCC1)c1nc2c(F)cccc2s1. The van der Waals surface area contributed by atoms with Crippen LogP contribution in [-0.4, -0.2) is 60.2 Å². The van der Waals surface area contributed by atoms with Crippen LogP contribution in [0.1, 0.15) is 10.4 Å². The van der Waals surface area contributed by atoms with E-state index in [9.17, 15) is 9.18 Å². The third-order valence-electron chi connectivity index (χ3n) is 5.16. The second-order valence-electron chi connectivity index (χ2n) is 7.03. The maximum Gasteiger partial charge on any atom is 0.260 e. The number of hydrogen-bond donors (Lipinski definition) is 0. The van der Waals surface area contributed by atoms with Gasteiger partial charge in [-0.1, -0.05) is 17.4 Å². The number of ether oxygens (including phenoxy) is 1. The Morgan fingerprint density at radius 2 is 2.07 bits per heavy atom. The summed E-state index contributed by atoms with van der Waals surface area (Å²) in [5.41, 5.74) is 3.53. The number of thiazole rings is 2. The summed E-state index contributed by atoms with van der Waals surface area (Å²) in [4.78, 5) is 26.2. The summed E-state index contributed by atoms with van der Waals surface area (Å²) in [6.07, 6.45) is 0. The molecule has 0 atom stereocenters. The molecule has 5 rings (SSSR count). The Morgan fingerprint density at radius 3 is 2.90 bits per heavy atom. The number of anilines is 1. The predicted octanol–water partition coefficient (Wildman–Crippen LogP) is 4.02. The fourth-order valence-electron chi connectivity index (χ4n) is 3.51. The average Bonchev–Trinajstić information content (AvgIpc) is 3.41. The Labute approximate surface area is 180 Å². The van der Waals surface area contributed by atoms with E-state index < -0.39 is 0 Å². The monoisotopic (exact) mass is 442 g/mol. The van der Waals surface area contributed by atoms with Crippen molar-refractivity contribution in [3.63, 3.8) is 0 Å². The summed E-state index contributed by atoms with van der Waals surface area (Å²) in [6.45, 7) is 4.24. The largest absolute Gasteiger partial charge is 0.379 e. The van der Waals surface area contributed by atoms with Crippen molar-refractivity contribution in [1.29, 1.82) is 0 Å². The van der Waals surface area contributed by atoms with Gasteiger partial charge in [0.25, 0.3) is 5.91 Å². The van der Waals surface area contributed by atoms with Crippen LogP contribution in [0.5, 0.6) is 0 Å². The highest BCUT2D eigenvalue weighted by Gasteiger charge is 2.24. The lowest BCUT2D eigenvalue weighted by Gasteiger charge is -2.29. The number of nitrogens with zero attached hydrogens (tertiary/aromatic N) is 4. The number of benzene rings is 2. The van der Waals surface area contributed by atoms with Crippen LogP contribution in [0, 0.1) is 5.82 Å². The van der Waals surface area contributed by atoms with E-state index >= 15 is 0 Å². The summed E-state index contributed by atoms with van der Waals surface area (Å²) in [6, 6.07) is 10.4. The number of halogens is 1. The molecule has 2 aromatic carbocycles. The van der Waals surface area contributed by atoms with Crippen molar-refractivity contribution in [3.8, 4) is 0 Å². The Hall–Kier alpha value is -2.46. The van der Waals surface area contributed by atoms with Gasteiger partial charge in [0.2, 0.25) is 0 Å². The second-order valence-corrected chi connectivity index (χ2v) is 8.92. The van der Waals surface area contributed by atoms with Crippen LogP contribution in [0.25, 0.3) is 20.4 Å². The van der Waals surface area contributed by atoms with Gasteiger partial charge in [-0.05, 0) is 30.3 Å². The highest BCUT2D eigenvalue weighted by atomic mass is 32.1. The lowest BCUT2D eigenvalue weighted by molar-refractivity contribution is 0.0391. The zero-order valence-electron chi connectivity index (χ0n) is 16.1. The number of hydrogen-bond acceptors (Lipinski definition) is 7. The first kappa shape index (κ1) is 19.5. The highest BCUT2D eigenvalue weighted by Crippen LogP contribution is 2.31. The molecule has 6 nitrogen and oxygen atoms in total. The molecule has 0 spiro atoms. The second kappa shape index (κ2) is 8.35. The number of morpholine rings is 1. The average molecular weight is 443 g/mol. The summed E-state index contributed by atoms with van der Waals surface area (Å²) < 4.78 is 21.3. The first-order chi connectivity index (χ1) is 14.7. The first-order valence-electron chi connectivity index (χ1n) is 9.69. The summed E-state index contributed by atoms with van der Waals surface area (Å²) in [5.74, 6) is -0.514. The standard InChI is InChI=1S/C21H19FN4O2S2/c22-15-2-1-3-17-19(15)24-21(30-17)26(7-6-25-8-10-28-11-9-25)20(27)14-4-5-16-18(12-14)29-13-23-16/h1-5,12-13H,6-11H2. The van der Waals surface area contributed by atoms with E-state index in [1.54, 1.807) is 22.5 Å². The van der Waals surface area contributed by atoms with E-state index in [0.29, 0.717) is 42.5 Å². The van der Waals surface area contributed by atoms with Crippen molar-refractivity contribution in [2.75, 3.05) is 44.3 Å². The molecule has 9 heteroatoms. The normalized spacial score (nSPS) is 15.1. The molecular weight excluding hydrogens is 423 g/mol. The van der Waals surface area contributed by atoms with Crippen LogP contribution in [0.3, 0.4) is 0 Å². The van der Waals surface area contributed by atoms with Crippen LogP contribution >= 0.6 is 22.7 Å². The predicted molar refractivity (Wildman–Crippen MR) is 118 cm³/mol. The molecule has 3 heterocycles. The van der Waals surface area contributed by atoms with Crippen LogP contribution < -0.4 is 4.90 Å². The van der Waals surface area contributed by atoms with E-state index in [1.807, 2.05) is 18.2 Å². The number of amides is 1. The molecule has 0 saturated carbocycles. The van der Waals surface area contributed by atoms with Crippen molar-refractivity contribution in [2.24, 2.45) is 0 Å². The first-order valence-corrected chi connectivity index (χ1v) is 11.4. The van der Waals surface area contributed by atoms with Gasteiger partial charge in [0.05, 0.1) is 33.6 Å². The van der Waals surface area contributed by atoms with E-state index in [4.69, 9.17) is 4.74 Å². The van der Waals surface area contributed by atoms with E-state index in [2.05, 4.69) is 14.9 Å². The molecular formula is C21H19FN4O2S2. The maximum atomic E-state index is 14.2. The van der Waals surface area contributed by atoms with Crippen LogP contribution in [-0.2, 0) is 4.74 Å². The van der Waals surface area contributed by atoms with Crippen molar-refractivity contribution in [3.05, 3.63) is 53.3 Å². The smallest absolute Gasteiger partial charge is 0.260 e. The van der Waals surface area contributed by atoms with Gasteiger partial charge in [-0.2, -0.15) is 0 Å². The Morgan fingerprint density at radius 1 is 1.20 bits per heavy atom. The molecule has 0 unspecified atom stereocenters. The zero-order chi connectivity index (χ0) is 20.5. The topological polar surface area (TPSA) is 58.6 Å². The zero-order valence-corrected chi connectivity index (χ0v) is 17.7. The maximum absolute atomic E-state index is 14.2. The molecule has 0 N–H and O–H groups in total. The minimum Gasteiger partial charge on any atom is -0.379 e. The van der Waals surface area contributed by atoms with Crippen molar-refractivity contribution in [2.45, 2.75) is 0 Å². The quantitative estimate of drug-likeness (QED) is 0.467. The minimum atomic E-state index is -0.373.